The number of alkyl halides is 3. The van der Waals surface area contributed by atoms with Gasteiger partial charge in [0.25, 0.3) is 5.91 Å². The lowest BCUT2D eigenvalue weighted by molar-refractivity contribution is -0.144. The highest BCUT2D eigenvalue weighted by Crippen LogP contribution is 2.37. The summed E-state index contributed by atoms with van der Waals surface area (Å²) in [6.45, 7) is 0.117. The number of hydrogen-bond donors (Lipinski definition) is 2. The first kappa shape index (κ1) is 20.9. The van der Waals surface area contributed by atoms with Gasteiger partial charge in [-0.1, -0.05) is 36.4 Å². The number of aromatic amines is 1. The number of carbonyl (C=O) groups excluding carboxylic acids is 3. The molecular formula is C23H17F3N4O3. The maximum absolute atomic E-state index is 13.4. The van der Waals surface area contributed by atoms with Crippen LogP contribution in [0.1, 0.15) is 34.6 Å². The molecule has 5 rings (SSSR count). The Bertz CT molecular complexity index is 1280. The topological polar surface area (TPSA) is 95.2 Å². The van der Waals surface area contributed by atoms with Gasteiger partial charge in [-0.2, -0.15) is 13.2 Å². The highest BCUT2D eigenvalue weighted by Gasteiger charge is 2.40. The number of nitrogens with one attached hydrogen (secondary N) is 2. The predicted octanol–water partition coefficient (Wildman–Crippen LogP) is 3.52. The number of aromatic nitrogens is 2. The third kappa shape index (κ3) is 3.67. The molecule has 3 amide bonds. The van der Waals surface area contributed by atoms with Crippen LogP contribution in [0.4, 0.5) is 13.2 Å². The van der Waals surface area contributed by atoms with Crippen molar-refractivity contribution < 1.29 is 27.6 Å². The van der Waals surface area contributed by atoms with E-state index >= 15 is 0 Å². The standard InChI is InChI=1S/C23H17F3N4O3/c24-23(25,26)22-28-18(12-4-2-1-3-5-12)19(29-22)13-6-7-15-14(10-13)11-30(21(15)33)16-8-9-17(31)27-20(16)32/h1-7,10,16H,8-9,11H2,(H,28,29)(H,27,31,32). The second-order valence-electron chi connectivity index (χ2n) is 7.94. The summed E-state index contributed by atoms with van der Waals surface area (Å²) >= 11 is 0. The van der Waals surface area contributed by atoms with Gasteiger partial charge in [-0.25, -0.2) is 4.98 Å². The summed E-state index contributed by atoms with van der Waals surface area (Å²) < 4.78 is 40.2. The van der Waals surface area contributed by atoms with E-state index in [0.29, 0.717) is 22.3 Å². The van der Waals surface area contributed by atoms with E-state index in [1.165, 1.54) is 11.0 Å². The van der Waals surface area contributed by atoms with Gasteiger partial charge in [-0.15, -0.1) is 0 Å². The number of piperidine rings is 1. The van der Waals surface area contributed by atoms with Gasteiger partial charge in [0, 0.05) is 29.7 Å². The van der Waals surface area contributed by atoms with E-state index in [9.17, 15) is 27.6 Å². The number of imide groups is 1. The molecule has 7 nitrogen and oxygen atoms in total. The maximum Gasteiger partial charge on any atom is 0.449 e. The normalized spacial score (nSPS) is 18.5. The molecule has 3 aromatic rings. The average molecular weight is 454 g/mol. The number of imidazole rings is 1. The molecule has 33 heavy (non-hydrogen) atoms. The van der Waals surface area contributed by atoms with Crippen molar-refractivity contribution in [2.24, 2.45) is 0 Å². The summed E-state index contributed by atoms with van der Waals surface area (Å²) in [6.07, 6.45) is -4.30. The highest BCUT2D eigenvalue weighted by molar-refractivity contribution is 6.05. The smallest absolute Gasteiger partial charge is 0.334 e. The molecule has 0 spiro atoms. The first-order chi connectivity index (χ1) is 15.7. The van der Waals surface area contributed by atoms with Crippen molar-refractivity contribution in [3.05, 3.63) is 65.5 Å². The molecule has 1 saturated heterocycles. The minimum atomic E-state index is -4.66. The largest absolute Gasteiger partial charge is 0.449 e. The first-order valence-electron chi connectivity index (χ1n) is 10.2. The Morgan fingerprint density at radius 1 is 1.00 bits per heavy atom. The fourth-order valence-corrected chi connectivity index (χ4v) is 4.25. The van der Waals surface area contributed by atoms with Crippen LogP contribution in [0.15, 0.2) is 48.5 Å². The zero-order chi connectivity index (χ0) is 23.3. The van der Waals surface area contributed by atoms with Crippen molar-refractivity contribution in [3.63, 3.8) is 0 Å². The van der Waals surface area contributed by atoms with Crippen LogP contribution < -0.4 is 5.32 Å². The van der Waals surface area contributed by atoms with Crippen LogP contribution in [0, 0.1) is 0 Å². The van der Waals surface area contributed by atoms with Crippen molar-refractivity contribution >= 4 is 17.7 Å². The summed E-state index contributed by atoms with van der Waals surface area (Å²) in [5.41, 5.74) is 2.24. The van der Waals surface area contributed by atoms with Crippen molar-refractivity contribution in [2.45, 2.75) is 31.6 Å². The summed E-state index contributed by atoms with van der Waals surface area (Å²) in [6, 6.07) is 12.5. The predicted molar refractivity (Wildman–Crippen MR) is 111 cm³/mol. The van der Waals surface area contributed by atoms with E-state index in [2.05, 4.69) is 15.3 Å². The average Bonchev–Trinajstić information content (AvgIpc) is 3.36. The van der Waals surface area contributed by atoms with Gasteiger partial charge >= 0.3 is 6.18 Å². The fraction of sp³-hybridized carbons (Fsp3) is 0.217. The fourth-order valence-electron chi connectivity index (χ4n) is 4.25. The Balaban J connectivity index is 1.53. The number of H-pyrrole nitrogens is 1. The van der Waals surface area contributed by atoms with Crippen molar-refractivity contribution in [1.82, 2.24) is 20.2 Å². The Labute approximate surface area is 185 Å². The van der Waals surface area contributed by atoms with Gasteiger partial charge in [-0.05, 0) is 24.1 Å². The second kappa shape index (κ2) is 7.58. The maximum atomic E-state index is 13.4. The molecule has 2 aromatic carbocycles. The van der Waals surface area contributed by atoms with Crippen molar-refractivity contribution in [1.29, 1.82) is 0 Å². The van der Waals surface area contributed by atoms with Crippen molar-refractivity contribution in [2.75, 3.05) is 0 Å². The molecule has 0 bridgehead atoms. The third-order valence-electron chi connectivity index (χ3n) is 5.83. The van der Waals surface area contributed by atoms with Crippen LogP contribution in [-0.4, -0.2) is 38.6 Å². The molecule has 2 aliphatic rings. The van der Waals surface area contributed by atoms with Gasteiger partial charge in [0.05, 0.1) is 11.4 Å². The Morgan fingerprint density at radius 3 is 2.45 bits per heavy atom. The number of rotatable bonds is 3. The number of fused-ring (bicyclic) bond motifs is 1. The molecule has 0 aliphatic carbocycles. The molecule has 0 radical (unpaired) electrons. The number of benzene rings is 2. The Kier molecular flexibility index (Phi) is 4.80. The molecule has 1 aromatic heterocycles. The molecule has 1 fully saturated rings. The summed E-state index contributed by atoms with van der Waals surface area (Å²) in [7, 11) is 0. The summed E-state index contributed by atoms with van der Waals surface area (Å²) in [5, 5.41) is 2.24. The highest BCUT2D eigenvalue weighted by atomic mass is 19.4. The number of halogens is 3. The zero-order valence-corrected chi connectivity index (χ0v) is 17.1. The van der Waals surface area contributed by atoms with E-state index in [-0.39, 0.29) is 42.6 Å². The van der Waals surface area contributed by atoms with E-state index in [4.69, 9.17) is 0 Å². The van der Waals surface area contributed by atoms with Gasteiger partial charge in [0.15, 0.2) is 0 Å². The van der Waals surface area contributed by atoms with E-state index in [1.807, 2.05) is 0 Å². The molecule has 168 valence electrons. The molecule has 0 saturated carbocycles. The van der Waals surface area contributed by atoms with Gasteiger partial charge in [0.2, 0.25) is 17.6 Å². The number of carbonyl (C=O) groups is 3. The van der Waals surface area contributed by atoms with Gasteiger partial charge in [-0.3, -0.25) is 19.7 Å². The van der Waals surface area contributed by atoms with Gasteiger partial charge in [0.1, 0.15) is 6.04 Å². The lowest BCUT2D eigenvalue weighted by atomic mass is 10.0. The first-order valence-corrected chi connectivity index (χ1v) is 10.2. The number of hydrogen-bond acceptors (Lipinski definition) is 4. The van der Waals surface area contributed by atoms with Crippen LogP contribution in [0.5, 0.6) is 0 Å². The molecule has 2 N–H and O–H groups in total. The van der Waals surface area contributed by atoms with E-state index in [0.717, 1.165) is 0 Å². The third-order valence-corrected chi connectivity index (χ3v) is 5.83. The molecule has 10 heteroatoms. The summed E-state index contributed by atoms with van der Waals surface area (Å²) in [5.74, 6) is -2.37. The van der Waals surface area contributed by atoms with Crippen molar-refractivity contribution in [3.8, 4) is 22.5 Å². The minimum Gasteiger partial charge on any atom is -0.334 e. The van der Waals surface area contributed by atoms with E-state index < -0.39 is 23.9 Å². The molecular weight excluding hydrogens is 437 g/mol. The Hall–Kier alpha value is -3.95. The number of amides is 3. The van der Waals surface area contributed by atoms with Crippen LogP contribution >= 0.6 is 0 Å². The lowest BCUT2D eigenvalue weighted by Gasteiger charge is -2.29. The summed E-state index contributed by atoms with van der Waals surface area (Å²) in [4.78, 5) is 44.1. The number of nitrogens with zero attached hydrogens (tertiary/aromatic N) is 2. The molecule has 1 atom stereocenters. The van der Waals surface area contributed by atoms with Crippen LogP contribution in [0.25, 0.3) is 22.5 Å². The van der Waals surface area contributed by atoms with Gasteiger partial charge < -0.3 is 9.88 Å². The SMILES string of the molecule is O=C1CCC(N2Cc3cc(-c4nc(C(F)(F)F)[nH]c4-c4ccccc4)ccc3C2=O)C(=O)N1. The molecule has 3 heterocycles. The molecule has 1 unspecified atom stereocenters. The Morgan fingerprint density at radius 2 is 1.76 bits per heavy atom. The second-order valence-corrected chi connectivity index (χ2v) is 7.94. The lowest BCUT2D eigenvalue weighted by Crippen LogP contribution is -2.52. The monoisotopic (exact) mass is 454 g/mol. The molecule has 2 aliphatic heterocycles. The quantitative estimate of drug-likeness (QED) is 0.592. The van der Waals surface area contributed by atoms with Crippen LogP contribution in [-0.2, 0) is 22.3 Å². The van der Waals surface area contributed by atoms with Crippen LogP contribution in [0.3, 0.4) is 0 Å². The van der Waals surface area contributed by atoms with Crippen LogP contribution in [0.2, 0.25) is 0 Å². The van der Waals surface area contributed by atoms with E-state index in [1.54, 1.807) is 42.5 Å². The zero-order valence-electron chi connectivity index (χ0n) is 17.1. The minimum absolute atomic E-state index is 0.114.